The van der Waals surface area contributed by atoms with Crippen LogP contribution in [-0.4, -0.2) is 65.9 Å². The Morgan fingerprint density at radius 1 is 1.10 bits per heavy atom. The number of rotatable bonds is 5. The molecule has 0 unspecified atom stereocenters. The van der Waals surface area contributed by atoms with Crippen molar-refractivity contribution in [1.82, 2.24) is 19.4 Å². The summed E-state index contributed by atoms with van der Waals surface area (Å²) in [6, 6.07) is 10.7. The molecule has 7 heteroatoms. The van der Waals surface area contributed by atoms with E-state index in [0.717, 1.165) is 75.5 Å². The average Bonchev–Trinajstić information content (AvgIpc) is 3.17. The summed E-state index contributed by atoms with van der Waals surface area (Å²) in [6.07, 6.45) is 6.28. The number of aromatic nitrogens is 3. The Morgan fingerprint density at radius 3 is 2.77 bits per heavy atom. The normalized spacial score (nSPS) is 18.8. The molecule has 2 saturated heterocycles. The Bertz CT molecular complexity index is 988. The van der Waals surface area contributed by atoms with Gasteiger partial charge in [0.25, 0.3) is 0 Å². The molecular weight excluding hydrogens is 376 g/mol. The van der Waals surface area contributed by atoms with Gasteiger partial charge < -0.3 is 24.4 Å². The minimum absolute atomic E-state index is 0.643. The highest BCUT2D eigenvalue weighted by Crippen LogP contribution is 2.24. The SMILES string of the molecule is CN1CCN(c2cccc(Nc3ncc4ccn(CC5CCOCC5)c4n3)c2)CC1. The third kappa shape index (κ3) is 4.27. The minimum Gasteiger partial charge on any atom is -0.381 e. The number of likely N-dealkylation sites (N-methyl/N-ethyl adjacent to an activating group) is 1. The van der Waals surface area contributed by atoms with Gasteiger partial charge in [0.05, 0.1) is 0 Å². The van der Waals surface area contributed by atoms with Crippen LogP contribution in [0.3, 0.4) is 0 Å². The van der Waals surface area contributed by atoms with Gasteiger partial charge in [-0.15, -0.1) is 0 Å². The van der Waals surface area contributed by atoms with Gasteiger partial charge >= 0.3 is 0 Å². The van der Waals surface area contributed by atoms with E-state index >= 15 is 0 Å². The number of hydrogen-bond acceptors (Lipinski definition) is 6. The second kappa shape index (κ2) is 8.62. The Balaban J connectivity index is 1.33. The summed E-state index contributed by atoms with van der Waals surface area (Å²) in [6.45, 7) is 7.04. The molecule has 0 amide bonds. The van der Waals surface area contributed by atoms with Gasteiger partial charge in [-0.05, 0) is 50.1 Å². The van der Waals surface area contributed by atoms with E-state index in [4.69, 9.17) is 9.72 Å². The maximum absolute atomic E-state index is 5.50. The number of nitrogens with zero attached hydrogens (tertiary/aromatic N) is 5. The maximum Gasteiger partial charge on any atom is 0.229 e. The molecule has 5 rings (SSSR count). The zero-order chi connectivity index (χ0) is 20.3. The molecule has 0 atom stereocenters. The molecule has 30 heavy (non-hydrogen) atoms. The highest BCUT2D eigenvalue weighted by molar-refractivity contribution is 5.77. The summed E-state index contributed by atoms with van der Waals surface area (Å²) in [5.74, 6) is 1.30. The summed E-state index contributed by atoms with van der Waals surface area (Å²) in [5.41, 5.74) is 3.26. The lowest BCUT2D eigenvalue weighted by atomic mass is 10.0. The lowest BCUT2D eigenvalue weighted by molar-refractivity contribution is 0.0616. The fraction of sp³-hybridized carbons (Fsp3) is 0.478. The van der Waals surface area contributed by atoms with Gasteiger partial charge in [-0.3, -0.25) is 0 Å². The highest BCUT2D eigenvalue weighted by atomic mass is 16.5. The van der Waals surface area contributed by atoms with E-state index < -0.39 is 0 Å². The summed E-state index contributed by atoms with van der Waals surface area (Å²) in [7, 11) is 2.18. The second-order valence-electron chi connectivity index (χ2n) is 8.46. The van der Waals surface area contributed by atoms with Gasteiger partial charge in [-0.25, -0.2) is 4.98 Å². The summed E-state index contributed by atoms with van der Waals surface area (Å²) in [4.78, 5) is 14.2. The van der Waals surface area contributed by atoms with Crippen molar-refractivity contribution >= 4 is 28.4 Å². The van der Waals surface area contributed by atoms with Crippen molar-refractivity contribution in [2.24, 2.45) is 5.92 Å². The molecule has 1 aromatic carbocycles. The van der Waals surface area contributed by atoms with Crippen molar-refractivity contribution in [3.8, 4) is 0 Å². The predicted octanol–water partition coefficient (Wildman–Crippen LogP) is 3.35. The number of nitrogens with one attached hydrogen (secondary N) is 1. The molecule has 0 radical (unpaired) electrons. The number of benzene rings is 1. The Kier molecular flexibility index (Phi) is 5.55. The molecule has 0 aliphatic carbocycles. The largest absolute Gasteiger partial charge is 0.381 e. The van der Waals surface area contributed by atoms with E-state index in [2.05, 4.69) is 68.2 Å². The first kappa shape index (κ1) is 19.3. The van der Waals surface area contributed by atoms with Crippen LogP contribution < -0.4 is 10.2 Å². The first-order chi connectivity index (χ1) is 14.7. The van der Waals surface area contributed by atoms with E-state index in [1.807, 2.05) is 6.20 Å². The van der Waals surface area contributed by atoms with Crippen molar-refractivity contribution < 1.29 is 4.74 Å². The average molecular weight is 407 g/mol. The van der Waals surface area contributed by atoms with Crippen LogP contribution in [0.5, 0.6) is 0 Å². The molecule has 2 aromatic heterocycles. The number of piperazine rings is 1. The minimum atomic E-state index is 0.643. The molecular formula is C23H30N6O. The molecule has 3 aromatic rings. The lowest BCUT2D eigenvalue weighted by Crippen LogP contribution is -2.44. The molecule has 4 heterocycles. The molecule has 1 N–H and O–H groups in total. The number of hydrogen-bond donors (Lipinski definition) is 1. The Labute approximate surface area is 177 Å². The highest BCUT2D eigenvalue weighted by Gasteiger charge is 2.17. The number of ether oxygens (including phenoxy) is 1. The van der Waals surface area contributed by atoms with Gasteiger partial charge in [0.2, 0.25) is 5.95 Å². The molecule has 0 bridgehead atoms. The Hall–Kier alpha value is -2.64. The summed E-state index contributed by atoms with van der Waals surface area (Å²) >= 11 is 0. The molecule has 7 nitrogen and oxygen atoms in total. The molecule has 0 saturated carbocycles. The van der Waals surface area contributed by atoms with Crippen molar-refractivity contribution in [2.75, 3.05) is 56.7 Å². The van der Waals surface area contributed by atoms with Crippen LogP contribution in [0.15, 0.2) is 42.7 Å². The van der Waals surface area contributed by atoms with Crippen molar-refractivity contribution in [2.45, 2.75) is 19.4 Å². The molecule has 2 fully saturated rings. The van der Waals surface area contributed by atoms with Gasteiger partial charge in [0.15, 0.2) is 0 Å². The van der Waals surface area contributed by atoms with Crippen LogP contribution in [0.4, 0.5) is 17.3 Å². The third-order valence-corrected chi connectivity index (χ3v) is 6.27. The zero-order valence-electron chi connectivity index (χ0n) is 17.6. The third-order valence-electron chi connectivity index (χ3n) is 6.27. The quantitative estimate of drug-likeness (QED) is 0.701. The molecule has 158 valence electrons. The van der Waals surface area contributed by atoms with Crippen molar-refractivity contribution in [3.63, 3.8) is 0 Å². The first-order valence-corrected chi connectivity index (χ1v) is 10.9. The summed E-state index contributed by atoms with van der Waals surface area (Å²) < 4.78 is 7.76. The van der Waals surface area contributed by atoms with Crippen LogP contribution in [0, 0.1) is 5.92 Å². The molecule has 2 aliphatic heterocycles. The van der Waals surface area contributed by atoms with Crippen LogP contribution in [0.1, 0.15) is 12.8 Å². The topological polar surface area (TPSA) is 58.5 Å². The van der Waals surface area contributed by atoms with Crippen LogP contribution in [-0.2, 0) is 11.3 Å². The predicted molar refractivity (Wildman–Crippen MR) is 121 cm³/mol. The van der Waals surface area contributed by atoms with Crippen LogP contribution >= 0.6 is 0 Å². The van der Waals surface area contributed by atoms with E-state index in [1.54, 1.807) is 0 Å². The zero-order valence-corrected chi connectivity index (χ0v) is 17.6. The lowest BCUT2D eigenvalue weighted by Gasteiger charge is -2.34. The standard InChI is InChI=1S/C23H30N6O/c1-27-9-11-28(12-10-27)21-4-2-3-20(15-21)25-23-24-16-19-5-8-29(22(19)26-23)17-18-6-13-30-14-7-18/h2-5,8,15-16,18H,6-7,9-14,17H2,1H3,(H,24,25,26). The van der Waals surface area contributed by atoms with E-state index in [1.165, 1.54) is 5.69 Å². The fourth-order valence-corrected chi connectivity index (χ4v) is 4.36. The molecule has 0 spiro atoms. The van der Waals surface area contributed by atoms with Gasteiger partial charge in [0, 0.05) is 75.1 Å². The van der Waals surface area contributed by atoms with Crippen LogP contribution in [0.25, 0.3) is 11.0 Å². The molecule has 2 aliphatic rings. The van der Waals surface area contributed by atoms with Gasteiger partial charge in [-0.1, -0.05) is 6.07 Å². The van der Waals surface area contributed by atoms with Gasteiger partial charge in [-0.2, -0.15) is 4.98 Å². The smallest absolute Gasteiger partial charge is 0.229 e. The number of fused-ring (bicyclic) bond motifs is 1. The van der Waals surface area contributed by atoms with E-state index in [9.17, 15) is 0 Å². The maximum atomic E-state index is 5.50. The van der Waals surface area contributed by atoms with E-state index in [-0.39, 0.29) is 0 Å². The fourth-order valence-electron chi connectivity index (χ4n) is 4.36. The monoisotopic (exact) mass is 406 g/mol. The second-order valence-corrected chi connectivity index (χ2v) is 8.46. The van der Waals surface area contributed by atoms with Crippen molar-refractivity contribution in [3.05, 3.63) is 42.7 Å². The summed E-state index contributed by atoms with van der Waals surface area (Å²) in [5, 5.41) is 4.49. The first-order valence-electron chi connectivity index (χ1n) is 10.9. The van der Waals surface area contributed by atoms with E-state index in [0.29, 0.717) is 11.9 Å². The van der Waals surface area contributed by atoms with Gasteiger partial charge in [0.1, 0.15) is 5.65 Å². The van der Waals surface area contributed by atoms with Crippen LogP contribution in [0.2, 0.25) is 0 Å². The van der Waals surface area contributed by atoms with Crippen molar-refractivity contribution in [1.29, 1.82) is 0 Å². The Morgan fingerprint density at radius 2 is 1.93 bits per heavy atom. The number of anilines is 3.